The summed E-state index contributed by atoms with van der Waals surface area (Å²) in [4.78, 5) is 49.3. The number of hydrogen-bond acceptors (Lipinski definition) is 5. The van der Waals surface area contributed by atoms with E-state index in [-0.39, 0.29) is 11.4 Å². The zero-order valence-electron chi connectivity index (χ0n) is 18.5. The van der Waals surface area contributed by atoms with Gasteiger partial charge in [-0.2, -0.15) is 13.2 Å². The maximum absolute atomic E-state index is 14.6. The van der Waals surface area contributed by atoms with Crippen molar-refractivity contribution in [2.75, 3.05) is 0 Å². The molecule has 0 aliphatic carbocycles. The van der Waals surface area contributed by atoms with E-state index in [1.165, 1.54) is 41.4 Å². The van der Waals surface area contributed by atoms with Crippen LogP contribution in [0.25, 0.3) is 16.7 Å². The molecule has 0 amide bonds. The molecule has 0 bridgehead atoms. The Kier molecular flexibility index (Phi) is 5.82. The first kappa shape index (κ1) is 24.5. The maximum atomic E-state index is 14.6. The van der Waals surface area contributed by atoms with Crippen LogP contribution in [-0.4, -0.2) is 29.5 Å². The van der Waals surface area contributed by atoms with E-state index in [1.54, 1.807) is 0 Å². The van der Waals surface area contributed by atoms with E-state index >= 15 is 0 Å². The van der Waals surface area contributed by atoms with Crippen LogP contribution in [0.4, 0.5) is 22.4 Å². The third kappa shape index (κ3) is 4.06. The van der Waals surface area contributed by atoms with Gasteiger partial charge in [-0.25, -0.2) is 18.8 Å². The highest BCUT2D eigenvalue weighted by Gasteiger charge is 2.35. The first-order valence-corrected chi connectivity index (χ1v) is 10.1. The molecule has 4 aromatic rings. The minimum atomic E-state index is -5.03. The Hall–Kier alpha value is -4.62. The molecule has 1 N–H and O–H groups in total. The molecule has 188 valence electrons. The highest BCUT2D eigenvalue weighted by Crippen LogP contribution is 2.32. The molecule has 0 saturated heterocycles. The first-order chi connectivity index (χ1) is 16.8. The molecule has 14 heteroatoms. The fourth-order valence-electron chi connectivity index (χ4n) is 3.80. The molecule has 0 aliphatic heterocycles. The van der Waals surface area contributed by atoms with Gasteiger partial charge in [-0.05, 0) is 24.3 Å². The average Bonchev–Trinajstić information content (AvgIpc) is 3.02. The zero-order chi connectivity index (χ0) is 26.5. The second-order valence-electron chi connectivity index (χ2n) is 7.76. The number of fused-ring (bicyclic) bond motifs is 1. The standard InChI is InChI=1S/C22H16F4N4O6/c1-27-14-7-6-12(8-15(14)28(2)19(27)32)29-10-16(36-21(34)35)18(31)30(20(29)33)9-11-4-3-5-13(17(11)23)22(24,25)26/h3-8,10H,9H2,1-2H3,(H,34,35). The summed E-state index contributed by atoms with van der Waals surface area (Å²) < 4.78 is 62.2. The lowest BCUT2D eigenvalue weighted by atomic mass is 10.1. The number of aromatic nitrogens is 4. The van der Waals surface area contributed by atoms with Gasteiger partial charge in [0.15, 0.2) is 0 Å². The van der Waals surface area contributed by atoms with E-state index in [2.05, 4.69) is 4.74 Å². The van der Waals surface area contributed by atoms with Gasteiger partial charge in [0, 0.05) is 19.7 Å². The Labute approximate surface area is 197 Å². The predicted molar refractivity (Wildman–Crippen MR) is 117 cm³/mol. The van der Waals surface area contributed by atoms with Crippen LogP contribution in [0.2, 0.25) is 0 Å². The van der Waals surface area contributed by atoms with Gasteiger partial charge in [-0.15, -0.1) is 0 Å². The summed E-state index contributed by atoms with van der Waals surface area (Å²) >= 11 is 0. The van der Waals surface area contributed by atoms with E-state index < -0.39 is 52.8 Å². The molecule has 2 aromatic carbocycles. The van der Waals surface area contributed by atoms with Gasteiger partial charge in [0.05, 0.1) is 35.0 Å². The van der Waals surface area contributed by atoms with Gasteiger partial charge >= 0.3 is 23.7 Å². The number of ether oxygens (including phenoxy) is 1. The molecule has 2 heterocycles. The lowest BCUT2D eigenvalue weighted by Crippen LogP contribution is -2.40. The molecule has 10 nitrogen and oxygen atoms in total. The lowest BCUT2D eigenvalue weighted by molar-refractivity contribution is -0.140. The van der Waals surface area contributed by atoms with Crippen molar-refractivity contribution in [1.29, 1.82) is 0 Å². The Morgan fingerprint density at radius 2 is 1.67 bits per heavy atom. The third-order valence-corrected chi connectivity index (χ3v) is 5.58. The van der Waals surface area contributed by atoms with E-state index in [0.29, 0.717) is 21.7 Å². The Bertz CT molecular complexity index is 1710. The summed E-state index contributed by atoms with van der Waals surface area (Å²) in [6.07, 6.45) is -6.13. The highest BCUT2D eigenvalue weighted by atomic mass is 19.4. The molecule has 0 spiro atoms. The number of benzene rings is 2. The Morgan fingerprint density at radius 1 is 1.00 bits per heavy atom. The van der Waals surface area contributed by atoms with Crippen LogP contribution in [0.5, 0.6) is 5.75 Å². The highest BCUT2D eigenvalue weighted by molar-refractivity contribution is 5.78. The summed E-state index contributed by atoms with van der Waals surface area (Å²) in [5.41, 5.74) is -4.06. The number of nitrogens with zero attached hydrogens (tertiary/aromatic N) is 4. The van der Waals surface area contributed by atoms with Crippen LogP contribution in [0.15, 0.2) is 57.0 Å². The predicted octanol–water partition coefficient (Wildman–Crippen LogP) is 2.45. The minimum absolute atomic E-state index is 0.0715. The number of imidazole rings is 1. The largest absolute Gasteiger partial charge is 0.511 e. The molecule has 4 rings (SSSR count). The number of aryl methyl sites for hydroxylation is 2. The number of halogens is 4. The van der Waals surface area contributed by atoms with Gasteiger partial charge in [0.25, 0.3) is 5.56 Å². The Balaban J connectivity index is 1.95. The minimum Gasteiger partial charge on any atom is -0.449 e. The molecule has 0 aliphatic rings. The molecule has 0 atom stereocenters. The molecule has 0 radical (unpaired) electrons. The first-order valence-electron chi connectivity index (χ1n) is 10.1. The second-order valence-corrected chi connectivity index (χ2v) is 7.76. The van der Waals surface area contributed by atoms with Crippen molar-refractivity contribution in [3.63, 3.8) is 0 Å². The number of carbonyl (C=O) groups is 1. The molecule has 36 heavy (non-hydrogen) atoms. The van der Waals surface area contributed by atoms with Crippen LogP contribution < -0.4 is 21.7 Å². The molecular formula is C22H16F4N4O6. The molecule has 2 aromatic heterocycles. The van der Waals surface area contributed by atoms with Gasteiger partial charge < -0.3 is 9.84 Å². The monoisotopic (exact) mass is 508 g/mol. The average molecular weight is 508 g/mol. The van der Waals surface area contributed by atoms with Crippen molar-refractivity contribution >= 4 is 17.2 Å². The summed E-state index contributed by atoms with van der Waals surface area (Å²) in [7, 11) is 3.01. The van der Waals surface area contributed by atoms with Crippen LogP contribution in [0, 0.1) is 5.82 Å². The molecule has 0 saturated carbocycles. The zero-order valence-corrected chi connectivity index (χ0v) is 18.5. The van der Waals surface area contributed by atoms with Crippen molar-refractivity contribution < 1.29 is 32.2 Å². The smallest absolute Gasteiger partial charge is 0.449 e. The molecular weight excluding hydrogens is 492 g/mol. The van der Waals surface area contributed by atoms with Crippen LogP contribution in [0.1, 0.15) is 11.1 Å². The Morgan fingerprint density at radius 3 is 2.31 bits per heavy atom. The van der Waals surface area contributed by atoms with Crippen molar-refractivity contribution in [3.05, 3.63) is 90.9 Å². The number of alkyl halides is 3. The SMILES string of the molecule is Cn1c(=O)n(C)c2cc(-n3cc(OC(=O)O)c(=O)n(Cc4cccc(C(F)(F)F)c4F)c3=O)ccc21. The van der Waals surface area contributed by atoms with Crippen molar-refractivity contribution in [2.45, 2.75) is 12.7 Å². The lowest BCUT2D eigenvalue weighted by Gasteiger charge is -2.15. The van der Waals surface area contributed by atoms with Crippen LogP contribution in [-0.2, 0) is 26.8 Å². The van der Waals surface area contributed by atoms with Gasteiger partial charge in [-0.3, -0.25) is 23.1 Å². The summed E-state index contributed by atoms with van der Waals surface area (Å²) in [5.74, 6) is -2.54. The number of rotatable bonds is 4. The topological polar surface area (TPSA) is 117 Å². The fourth-order valence-corrected chi connectivity index (χ4v) is 3.80. The van der Waals surface area contributed by atoms with Gasteiger partial charge in [0.2, 0.25) is 5.75 Å². The van der Waals surface area contributed by atoms with Crippen LogP contribution >= 0.6 is 0 Å². The third-order valence-electron chi connectivity index (χ3n) is 5.58. The van der Waals surface area contributed by atoms with Gasteiger partial charge in [0.1, 0.15) is 5.82 Å². The molecule has 0 unspecified atom stereocenters. The fraction of sp³-hybridized carbons (Fsp3) is 0.182. The van der Waals surface area contributed by atoms with Crippen molar-refractivity contribution in [2.24, 2.45) is 14.1 Å². The van der Waals surface area contributed by atoms with Gasteiger partial charge in [-0.1, -0.05) is 12.1 Å². The summed E-state index contributed by atoms with van der Waals surface area (Å²) in [6, 6.07) is 6.67. The van der Waals surface area contributed by atoms with E-state index in [1.807, 2.05) is 0 Å². The molecule has 0 fully saturated rings. The van der Waals surface area contributed by atoms with E-state index in [4.69, 9.17) is 5.11 Å². The van der Waals surface area contributed by atoms with Crippen LogP contribution in [0.3, 0.4) is 0 Å². The van der Waals surface area contributed by atoms with Crippen molar-refractivity contribution in [3.8, 4) is 11.4 Å². The van der Waals surface area contributed by atoms with Crippen molar-refractivity contribution in [1.82, 2.24) is 18.3 Å². The number of carboxylic acid groups (broad SMARTS) is 1. The quantitative estimate of drug-likeness (QED) is 0.334. The normalized spacial score (nSPS) is 11.7. The number of hydrogen-bond donors (Lipinski definition) is 1. The second kappa shape index (κ2) is 8.55. The van der Waals surface area contributed by atoms with E-state index in [9.17, 15) is 36.7 Å². The summed E-state index contributed by atoms with van der Waals surface area (Å²) in [6.45, 7) is -0.948. The maximum Gasteiger partial charge on any atom is 0.511 e. The van der Waals surface area contributed by atoms with E-state index in [0.717, 1.165) is 22.9 Å². The summed E-state index contributed by atoms with van der Waals surface area (Å²) in [5, 5.41) is 9.00.